The molecule has 0 amide bonds. The Kier molecular flexibility index (Phi) is 13.3. The Morgan fingerprint density at radius 3 is 1.29 bits per heavy atom. The number of sulfonamides is 2. The summed E-state index contributed by atoms with van der Waals surface area (Å²) in [6, 6.07) is 13.8. The third-order valence-electron chi connectivity index (χ3n) is 3.81. The van der Waals surface area contributed by atoms with Gasteiger partial charge in [0.05, 0.1) is 0 Å². The first-order chi connectivity index (χ1) is 18.4. The van der Waals surface area contributed by atoms with Crippen molar-refractivity contribution in [3.8, 4) is 0 Å². The molecule has 3 rings (SSSR count). The van der Waals surface area contributed by atoms with E-state index in [1.807, 2.05) is 0 Å². The van der Waals surface area contributed by atoms with Crippen molar-refractivity contribution in [2.24, 2.45) is 0 Å². The Hall–Kier alpha value is -1.73. The van der Waals surface area contributed by atoms with Crippen LogP contribution in [0.2, 0.25) is 0 Å². The maximum Gasteiger partial charge on any atom is 0.278 e. The van der Waals surface area contributed by atoms with Crippen LogP contribution in [0.1, 0.15) is 41.5 Å². The zero-order valence-corrected chi connectivity index (χ0v) is 29.3. The topological polar surface area (TPSA) is 191 Å². The van der Waals surface area contributed by atoms with Crippen LogP contribution in [0.5, 0.6) is 0 Å². The number of nitrogen functional groups attached to an aromatic ring is 1. The highest BCUT2D eigenvalue weighted by Gasteiger charge is 2.24. The van der Waals surface area contributed by atoms with Gasteiger partial charge >= 0.3 is 0 Å². The summed E-state index contributed by atoms with van der Waals surface area (Å²) in [5.41, 5.74) is 4.37. The van der Waals surface area contributed by atoms with E-state index in [0.29, 0.717) is 9.21 Å². The predicted molar refractivity (Wildman–Crippen MR) is 166 cm³/mol. The van der Waals surface area contributed by atoms with Crippen LogP contribution >= 0.6 is 42.5 Å². The summed E-state index contributed by atoms with van der Waals surface area (Å²) in [6.07, 6.45) is 0. The molecule has 18 heteroatoms. The van der Waals surface area contributed by atoms with Gasteiger partial charge < -0.3 is 5.73 Å². The van der Waals surface area contributed by atoms with E-state index in [1.54, 1.807) is 71.9 Å². The van der Waals surface area contributed by atoms with E-state index in [0.717, 1.165) is 0 Å². The number of pyridine rings is 3. The molecule has 228 valence electrons. The minimum absolute atomic E-state index is 0.0202. The summed E-state index contributed by atoms with van der Waals surface area (Å²) in [6.45, 7) is 10.6. The maximum absolute atomic E-state index is 11.8. The summed E-state index contributed by atoms with van der Waals surface area (Å²) in [7, 11) is -5.79. The Bertz CT molecular complexity index is 1570. The van der Waals surface area contributed by atoms with Crippen molar-refractivity contribution in [1.82, 2.24) is 24.4 Å². The van der Waals surface area contributed by atoms with Crippen molar-refractivity contribution < 1.29 is 25.3 Å². The second-order valence-corrected chi connectivity index (χ2v) is 17.5. The van der Waals surface area contributed by atoms with Gasteiger partial charge in [-0.1, -0.05) is 18.2 Å². The van der Waals surface area contributed by atoms with E-state index < -0.39 is 40.2 Å². The van der Waals surface area contributed by atoms with E-state index in [2.05, 4.69) is 56.3 Å². The first-order valence-corrected chi connectivity index (χ1v) is 18.3. The lowest BCUT2D eigenvalue weighted by Crippen LogP contribution is -2.40. The fourth-order valence-corrected chi connectivity index (χ4v) is 6.97. The van der Waals surface area contributed by atoms with Crippen LogP contribution in [0.3, 0.4) is 0 Å². The molecule has 0 spiro atoms. The smallest absolute Gasteiger partial charge is 0.278 e. The largest absolute Gasteiger partial charge is 0.384 e. The summed E-state index contributed by atoms with van der Waals surface area (Å²) in [5.74, 6) is 0.187. The van der Waals surface area contributed by atoms with Crippen molar-refractivity contribution in [3.63, 3.8) is 0 Å². The van der Waals surface area contributed by atoms with Crippen molar-refractivity contribution in [2.75, 3.05) is 5.73 Å². The second-order valence-electron chi connectivity index (χ2n) is 10.1. The van der Waals surface area contributed by atoms with Gasteiger partial charge in [0, 0.05) is 21.8 Å². The lowest BCUT2D eigenvalue weighted by molar-refractivity contribution is 0.488. The number of aromatic nitrogens is 3. The van der Waals surface area contributed by atoms with Crippen LogP contribution < -0.4 is 15.2 Å². The molecule has 0 saturated heterocycles. The van der Waals surface area contributed by atoms with Gasteiger partial charge in [-0.25, -0.2) is 49.6 Å². The number of hydrogen-bond donors (Lipinski definition) is 3. The molecule has 41 heavy (non-hydrogen) atoms. The summed E-state index contributed by atoms with van der Waals surface area (Å²) in [5, 5.41) is -0.183. The van der Waals surface area contributed by atoms with Crippen LogP contribution in [0.4, 0.5) is 5.82 Å². The number of nitrogens with one attached hydrogen (secondary N) is 2. The standard InChI is InChI=1S/C9H13BrN2O2S.C9H15N3O2S.C5H3BrClNO2S/c2*1-9(2,3)12-15(13,14)8-6-4-5-7(10)11-8;6-4-2-1-3-5(8-4)11(7,9)10/h4-6,12H,1-3H3;4-6,12H,1-3H3,(H2,10,11);1-3H. The molecule has 0 aromatic carbocycles. The number of nitrogens with two attached hydrogens (primary N) is 1. The van der Waals surface area contributed by atoms with Crippen LogP contribution in [-0.2, 0) is 29.1 Å². The number of anilines is 1. The molecule has 0 fully saturated rings. The summed E-state index contributed by atoms with van der Waals surface area (Å²) < 4.78 is 74.5. The first-order valence-electron chi connectivity index (χ1n) is 11.4. The molecule has 12 nitrogen and oxygen atoms in total. The molecular weight excluding hydrogens is 748 g/mol. The molecule has 4 N–H and O–H groups in total. The average Bonchev–Trinajstić information content (AvgIpc) is 2.76. The van der Waals surface area contributed by atoms with Gasteiger partial charge in [-0.2, -0.15) is 0 Å². The van der Waals surface area contributed by atoms with Crippen molar-refractivity contribution >= 4 is 77.5 Å². The van der Waals surface area contributed by atoms with Crippen LogP contribution in [-0.4, -0.2) is 51.3 Å². The Labute approximate surface area is 262 Å². The molecule has 0 radical (unpaired) electrons. The molecule has 3 aromatic rings. The van der Waals surface area contributed by atoms with E-state index in [4.69, 9.17) is 16.4 Å². The molecule has 0 aliphatic heterocycles. The average molecular weight is 779 g/mol. The first kappa shape index (κ1) is 37.3. The highest BCUT2D eigenvalue weighted by molar-refractivity contribution is 9.10. The Morgan fingerprint density at radius 1 is 0.634 bits per heavy atom. The number of halogens is 3. The fourth-order valence-electron chi connectivity index (χ4n) is 2.56. The summed E-state index contributed by atoms with van der Waals surface area (Å²) in [4.78, 5) is 11.3. The highest BCUT2D eigenvalue weighted by atomic mass is 79.9. The quantitative estimate of drug-likeness (QED) is 0.247. The van der Waals surface area contributed by atoms with Gasteiger partial charge in [0.15, 0.2) is 15.1 Å². The molecule has 3 heterocycles. The van der Waals surface area contributed by atoms with Crippen molar-refractivity contribution in [3.05, 3.63) is 63.8 Å². The monoisotopic (exact) mass is 776 g/mol. The second kappa shape index (κ2) is 14.6. The lowest BCUT2D eigenvalue weighted by atomic mass is 10.1. The number of nitrogens with zero attached hydrogens (tertiary/aromatic N) is 3. The molecule has 0 saturated carbocycles. The molecule has 0 aliphatic carbocycles. The minimum Gasteiger partial charge on any atom is -0.384 e. The van der Waals surface area contributed by atoms with Gasteiger partial charge in [-0.15, -0.1) is 0 Å². The van der Waals surface area contributed by atoms with Crippen LogP contribution in [0.25, 0.3) is 0 Å². The maximum atomic E-state index is 11.8. The summed E-state index contributed by atoms with van der Waals surface area (Å²) >= 11 is 6.15. The van der Waals surface area contributed by atoms with Crippen LogP contribution in [0, 0.1) is 0 Å². The molecule has 0 aliphatic rings. The van der Waals surface area contributed by atoms with Gasteiger partial charge in [0.25, 0.3) is 29.1 Å². The third-order valence-corrected chi connectivity index (χ3v) is 9.21. The highest BCUT2D eigenvalue weighted by Crippen LogP contribution is 2.15. The minimum atomic E-state index is -3.69. The SMILES string of the molecule is CC(C)(C)NS(=O)(=O)c1cccc(Br)n1.CC(C)(C)NS(=O)(=O)c1cccc(N)n1.O=S(=O)(Cl)c1cccc(Br)n1. The van der Waals surface area contributed by atoms with Crippen LogP contribution in [0.15, 0.2) is 78.9 Å². The molecule has 3 aromatic heterocycles. The third kappa shape index (κ3) is 14.8. The van der Waals surface area contributed by atoms with E-state index in [-0.39, 0.29) is 20.9 Å². The van der Waals surface area contributed by atoms with Crippen molar-refractivity contribution in [2.45, 2.75) is 67.7 Å². The van der Waals surface area contributed by atoms with Gasteiger partial charge in [0.2, 0.25) is 0 Å². The predicted octanol–water partition coefficient (Wildman–Crippen LogP) is 4.43. The molecule has 0 bridgehead atoms. The van der Waals surface area contributed by atoms with E-state index in [1.165, 1.54) is 24.3 Å². The van der Waals surface area contributed by atoms with Crippen molar-refractivity contribution in [1.29, 1.82) is 0 Å². The Morgan fingerprint density at radius 2 is 0.976 bits per heavy atom. The Balaban J connectivity index is 0.000000312. The lowest BCUT2D eigenvalue weighted by Gasteiger charge is -2.19. The van der Waals surface area contributed by atoms with E-state index >= 15 is 0 Å². The van der Waals surface area contributed by atoms with Gasteiger partial charge in [-0.3, -0.25) is 0 Å². The molecular formula is C23H31Br2ClN6O6S3. The number of rotatable bonds is 5. The van der Waals surface area contributed by atoms with Gasteiger partial charge in [-0.05, 0) is 110 Å². The number of hydrogen-bond acceptors (Lipinski definition) is 10. The molecule has 0 atom stereocenters. The zero-order valence-electron chi connectivity index (χ0n) is 22.9. The molecule has 0 unspecified atom stereocenters. The van der Waals surface area contributed by atoms with Gasteiger partial charge in [0.1, 0.15) is 15.0 Å². The fraction of sp³-hybridized carbons (Fsp3) is 0.348. The van der Waals surface area contributed by atoms with E-state index in [9.17, 15) is 25.3 Å². The zero-order chi connectivity index (χ0) is 31.9. The normalized spacial score (nSPS) is 12.4.